The van der Waals surface area contributed by atoms with Crippen LogP contribution in [-0.2, 0) is 20.9 Å². The Morgan fingerprint density at radius 2 is 1.74 bits per heavy atom. The second kappa shape index (κ2) is 12.8. The quantitative estimate of drug-likeness (QED) is 0.439. The fraction of sp³-hybridized carbons (Fsp3) is 0.379. The van der Waals surface area contributed by atoms with Gasteiger partial charge in [-0.3, -0.25) is 19.3 Å². The summed E-state index contributed by atoms with van der Waals surface area (Å²) in [5.41, 5.74) is 2.98. The lowest BCUT2D eigenvalue weighted by atomic mass is 10.1. The van der Waals surface area contributed by atoms with Crippen LogP contribution in [0.1, 0.15) is 36.8 Å². The topological polar surface area (TPSA) is 90.0 Å². The molecule has 2 heterocycles. The third kappa shape index (κ3) is 6.64. The smallest absolute Gasteiger partial charge is 0.327 e. The van der Waals surface area contributed by atoms with Crippen molar-refractivity contribution >= 4 is 41.2 Å². The molecular formula is C29H34N4O4S. The number of benzene rings is 2. The average Bonchev–Trinajstić information content (AvgIpc) is 3.42. The molecule has 2 atom stereocenters. The van der Waals surface area contributed by atoms with Gasteiger partial charge in [-0.05, 0) is 42.9 Å². The minimum Gasteiger partial charge on any atom is -0.352 e. The first-order valence-electron chi connectivity index (χ1n) is 12.9. The molecule has 2 unspecified atom stereocenters. The van der Waals surface area contributed by atoms with Crippen molar-refractivity contribution in [2.45, 2.75) is 50.4 Å². The van der Waals surface area contributed by atoms with Gasteiger partial charge in [-0.2, -0.15) is 0 Å². The number of thioether (sulfide) groups is 1. The maximum Gasteiger partial charge on any atom is 0.327 e. The Morgan fingerprint density at radius 1 is 1.00 bits per heavy atom. The van der Waals surface area contributed by atoms with Crippen molar-refractivity contribution in [2.24, 2.45) is 0 Å². The summed E-state index contributed by atoms with van der Waals surface area (Å²) in [6.07, 6.45) is 4.20. The number of hydrogen-bond acceptors (Lipinski definition) is 5. The fourth-order valence-electron chi connectivity index (χ4n) is 4.55. The van der Waals surface area contributed by atoms with Crippen molar-refractivity contribution in [2.75, 3.05) is 25.0 Å². The zero-order valence-corrected chi connectivity index (χ0v) is 22.7. The number of aryl methyl sites for hydroxylation is 1. The third-order valence-electron chi connectivity index (χ3n) is 6.88. The van der Waals surface area contributed by atoms with E-state index in [1.165, 1.54) is 32.0 Å². The van der Waals surface area contributed by atoms with Gasteiger partial charge < -0.3 is 15.1 Å². The van der Waals surface area contributed by atoms with Gasteiger partial charge in [-0.15, -0.1) is 11.8 Å². The SMILES string of the molecule is Cc1ccc(CNC(=O)CCCCCN2C(=O)C3SC=CC3N(CC(=O)N(C)c3ccccc3)C2=O)cc1. The Morgan fingerprint density at radius 3 is 2.47 bits per heavy atom. The molecule has 0 aliphatic carbocycles. The van der Waals surface area contributed by atoms with E-state index >= 15 is 0 Å². The Bertz CT molecular complexity index is 1180. The van der Waals surface area contributed by atoms with Crippen LogP contribution in [0.5, 0.6) is 0 Å². The molecule has 38 heavy (non-hydrogen) atoms. The van der Waals surface area contributed by atoms with Crippen LogP contribution in [0, 0.1) is 6.92 Å². The minimum atomic E-state index is -0.436. The number of hydrogen-bond donors (Lipinski definition) is 1. The van der Waals surface area contributed by atoms with Crippen LogP contribution >= 0.6 is 11.8 Å². The van der Waals surface area contributed by atoms with Gasteiger partial charge in [0.15, 0.2) is 0 Å². The van der Waals surface area contributed by atoms with E-state index in [4.69, 9.17) is 0 Å². The maximum atomic E-state index is 13.3. The van der Waals surface area contributed by atoms with Crippen LogP contribution in [0.2, 0.25) is 0 Å². The number of carbonyl (C=O) groups is 4. The van der Waals surface area contributed by atoms with Gasteiger partial charge in [0.05, 0.1) is 6.04 Å². The number of fused-ring (bicyclic) bond motifs is 1. The highest BCUT2D eigenvalue weighted by atomic mass is 32.2. The van der Waals surface area contributed by atoms with Crippen LogP contribution < -0.4 is 10.2 Å². The van der Waals surface area contributed by atoms with Gasteiger partial charge in [-0.1, -0.05) is 60.5 Å². The molecule has 0 radical (unpaired) electrons. The highest BCUT2D eigenvalue weighted by molar-refractivity contribution is 8.03. The van der Waals surface area contributed by atoms with Crippen molar-refractivity contribution in [3.8, 4) is 0 Å². The van der Waals surface area contributed by atoms with E-state index in [-0.39, 0.29) is 30.8 Å². The maximum absolute atomic E-state index is 13.3. The van der Waals surface area contributed by atoms with Gasteiger partial charge >= 0.3 is 6.03 Å². The molecule has 8 nitrogen and oxygen atoms in total. The van der Waals surface area contributed by atoms with Gasteiger partial charge in [-0.25, -0.2) is 4.79 Å². The molecule has 5 amide bonds. The summed E-state index contributed by atoms with van der Waals surface area (Å²) >= 11 is 1.38. The molecule has 0 saturated carbocycles. The molecule has 0 bridgehead atoms. The largest absolute Gasteiger partial charge is 0.352 e. The normalized spacial score (nSPS) is 18.5. The lowest BCUT2D eigenvalue weighted by Crippen LogP contribution is -2.63. The summed E-state index contributed by atoms with van der Waals surface area (Å²) in [5, 5.41) is 4.33. The molecule has 4 rings (SSSR count). The summed E-state index contributed by atoms with van der Waals surface area (Å²) in [7, 11) is 1.68. The number of nitrogens with zero attached hydrogens (tertiary/aromatic N) is 3. The van der Waals surface area contributed by atoms with Crippen LogP contribution in [0.15, 0.2) is 66.1 Å². The summed E-state index contributed by atoms with van der Waals surface area (Å²) in [5.74, 6) is -0.454. The second-order valence-corrected chi connectivity index (χ2v) is 10.7. The van der Waals surface area contributed by atoms with Crippen molar-refractivity contribution in [1.29, 1.82) is 0 Å². The number of amides is 5. The average molecular weight is 535 g/mol. The van der Waals surface area contributed by atoms with E-state index in [9.17, 15) is 19.2 Å². The van der Waals surface area contributed by atoms with Gasteiger partial charge in [0.2, 0.25) is 17.7 Å². The first kappa shape index (κ1) is 27.4. The molecule has 1 N–H and O–H groups in total. The Kier molecular flexibility index (Phi) is 9.23. The Balaban J connectivity index is 1.26. The van der Waals surface area contributed by atoms with Crippen molar-refractivity contribution in [3.63, 3.8) is 0 Å². The zero-order valence-electron chi connectivity index (χ0n) is 21.8. The first-order valence-corrected chi connectivity index (χ1v) is 13.9. The third-order valence-corrected chi connectivity index (χ3v) is 7.96. The Hall–Kier alpha value is -3.59. The van der Waals surface area contributed by atoms with E-state index in [1.54, 1.807) is 7.05 Å². The van der Waals surface area contributed by atoms with Crippen LogP contribution in [0.3, 0.4) is 0 Å². The summed E-state index contributed by atoms with van der Waals surface area (Å²) in [6, 6.07) is 16.4. The van der Waals surface area contributed by atoms with Crippen molar-refractivity contribution in [3.05, 3.63) is 77.2 Å². The van der Waals surface area contributed by atoms with Crippen molar-refractivity contribution < 1.29 is 19.2 Å². The molecular weight excluding hydrogens is 500 g/mol. The van der Waals surface area contributed by atoms with Crippen LogP contribution in [0.25, 0.3) is 0 Å². The molecule has 200 valence electrons. The standard InChI is InChI=1S/C29H34N4O4S/c1-21-12-14-22(15-13-21)19-30-25(34)11-7-4-8-17-32-28(36)27-24(16-18-38-27)33(29(32)37)20-26(35)31(2)23-9-5-3-6-10-23/h3,5-6,9-10,12-16,18,24,27H,4,7-8,11,17,19-20H2,1-2H3,(H,30,34). The number of nitrogens with one attached hydrogen (secondary N) is 1. The molecule has 9 heteroatoms. The van der Waals surface area contributed by atoms with Gasteiger partial charge in [0, 0.05) is 32.2 Å². The summed E-state index contributed by atoms with van der Waals surface area (Å²) < 4.78 is 0. The number of urea groups is 1. The van der Waals surface area contributed by atoms with E-state index in [1.807, 2.05) is 73.0 Å². The molecule has 1 saturated heterocycles. The lowest BCUT2D eigenvalue weighted by molar-refractivity contribution is -0.132. The number of carbonyl (C=O) groups excluding carboxylic acids is 4. The first-order chi connectivity index (χ1) is 18.3. The molecule has 2 aromatic carbocycles. The number of imide groups is 1. The highest BCUT2D eigenvalue weighted by Crippen LogP contribution is 2.34. The number of likely N-dealkylation sites (N-methyl/N-ethyl adjacent to an activating group) is 1. The number of rotatable bonds is 11. The van der Waals surface area contributed by atoms with E-state index in [2.05, 4.69) is 5.32 Å². The molecule has 0 aromatic heterocycles. The second-order valence-electron chi connectivity index (χ2n) is 9.64. The molecule has 0 spiro atoms. The molecule has 2 aromatic rings. The predicted octanol–water partition coefficient (Wildman–Crippen LogP) is 4.10. The van der Waals surface area contributed by atoms with E-state index in [0.717, 1.165) is 11.3 Å². The van der Waals surface area contributed by atoms with E-state index in [0.29, 0.717) is 32.2 Å². The van der Waals surface area contributed by atoms with Crippen molar-refractivity contribution in [1.82, 2.24) is 15.1 Å². The minimum absolute atomic E-state index is 0.0146. The zero-order chi connectivity index (χ0) is 27.1. The van der Waals surface area contributed by atoms with Gasteiger partial charge in [0.25, 0.3) is 0 Å². The summed E-state index contributed by atoms with van der Waals surface area (Å²) in [6.45, 7) is 2.68. The van der Waals surface area contributed by atoms with Crippen LogP contribution in [0.4, 0.5) is 10.5 Å². The molecule has 2 aliphatic heterocycles. The summed E-state index contributed by atoms with van der Waals surface area (Å²) in [4.78, 5) is 55.9. The molecule has 1 fully saturated rings. The molecule has 2 aliphatic rings. The number of unbranched alkanes of at least 4 members (excludes halogenated alkanes) is 2. The van der Waals surface area contributed by atoms with Gasteiger partial charge in [0.1, 0.15) is 11.8 Å². The van der Waals surface area contributed by atoms with E-state index < -0.39 is 17.3 Å². The van der Waals surface area contributed by atoms with Crippen LogP contribution in [-0.4, -0.2) is 65.0 Å². The monoisotopic (exact) mass is 534 g/mol. The highest BCUT2D eigenvalue weighted by Gasteiger charge is 2.47. The fourth-order valence-corrected chi connectivity index (χ4v) is 5.61. The Labute approximate surface area is 228 Å². The number of anilines is 1. The lowest BCUT2D eigenvalue weighted by Gasteiger charge is -2.41. The predicted molar refractivity (Wildman–Crippen MR) is 149 cm³/mol. The number of para-hydroxylation sites is 1.